The summed E-state index contributed by atoms with van der Waals surface area (Å²) in [6.45, 7) is 2.30. The summed E-state index contributed by atoms with van der Waals surface area (Å²) in [6, 6.07) is 3.71. The van der Waals surface area contributed by atoms with E-state index in [1.54, 1.807) is 6.08 Å². The molecule has 15 heavy (non-hydrogen) atoms. The molecule has 80 valence electrons. The molecule has 0 aliphatic heterocycles. The number of anilines is 1. The van der Waals surface area contributed by atoms with Crippen LogP contribution in [0.15, 0.2) is 30.4 Å². The Kier molecular flexibility index (Phi) is 3.85. The van der Waals surface area contributed by atoms with Crippen molar-refractivity contribution in [3.8, 4) is 0 Å². The van der Waals surface area contributed by atoms with Crippen molar-refractivity contribution in [2.75, 3.05) is 12.3 Å². The Bertz CT molecular complexity index is 388. The number of nitrogens with two attached hydrogens (primary N) is 1. The molecule has 0 aromatic heterocycles. The van der Waals surface area contributed by atoms with E-state index in [4.69, 9.17) is 5.73 Å². The highest BCUT2D eigenvalue weighted by atomic mass is 19.1. The van der Waals surface area contributed by atoms with Gasteiger partial charge >= 0.3 is 0 Å². The van der Waals surface area contributed by atoms with Gasteiger partial charge in [0.2, 0.25) is 0 Å². The third-order valence-corrected chi connectivity index (χ3v) is 1.87. The largest absolute Gasteiger partial charge is 0.398 e. The van der Waals surface area contributed by atoms with Crippen molar-refractivity contribution in [3.63, 3.8) is 0 Å². The molecule has 0 radical (unpaired) electrons. The Morgan fingerprint density at radius 3 is 2.93 bits per heavy atom. The molecule has 4 heteroatoms. The Morgan fingerprint density at radius 1 is 1.60 bits per heavy atom. The molecule has 1 amide bonds. The van der Waals surface area contributed by atoms with Gasteiger partial charge in [0.15, 0.2) is 0 Å². The van der Waals surface area contributed by atoms with Crippen LogP contribution in [0, 0.1) is 5.82 Å². The van der Waals surface area contributed by atoms with Gasteiger partial charge in [0.25, 0.3) is 5.91 Å². The SMILES string of the molecule is C/C=C/CNC(=O)c1ccc(F)cc1N. The van der Waals surface area contributed by atoms with Crippen LogP contribution in [0.5, 0.6) is 0 Å². The first-order valence-corrected chi connectivity index (χ1v) is 4.59. The van der Waals surface area contributed by atoms with Gasteiger partial charge in [-0.15, -0.1) is 0 Å². The van der Waals surface area contributed by atoms with E-state index in [-0.39, 0.29) is 11.6 Å². The molecule has 3 nitrogen and oxygen atoms in total. The maximum absolute atomic E-state index is 12.7. The summed E-state index contributed by atoms with van der Waals surface area (Å²) >= 11 is 0. The number of carbonyl (C=O) groups excluding carboxylic acids is 1. The summed E-state index contributed by atoms with van der Waals surface area (Å²) in [7, 11) is 0. The highest BCUT2D eigenvalue weighted by molar-refractivity contribution is 5.99. The van der Waals surface area contributed by atoms with Crippen molar-refractivity contribution in [2.45, 2.75) is 6.92 Å². The first-order valence-electron chi connectivity index (χ1n) is 4.59. The quantitative estimate of drug-likeness (QED) is 0.587. The number of halogens is 1. The highest BCUT2D eigenvalue weighted by Crippen LogP contribution is 2.12. The molecule has 1 aromatic carbocycles. The van der Waals surface area contributed by atoms with Crippen molar-refractivity contribution in [3.05, 3.63) is 41.7 Å². The summed E-state index contributed by atoms with van der Waals surface area (Å²) in [6.07, 6.45) is 3.63. The van der Waals surface area contributed by atoms with E-state index in [1.165, 1.54) is 12.1 Å². The smallest absolute Gasteiger partial charge is 0.253 e. The second-order valence-corrected chi connectivity index (χ2v) is 3.01. The molecular weight excluding hydrogens is 195 g/mol. The molecule has 0 saturated heterocycles. The van der Waals surface area contributed by atoms with E-state index in [1.807, 2.05) is 13.0 Å². The highest BCUT2D eigenvalue weighted by Gasteiger charge is 2.08. The summed E-state index contributed by atoms with van der Waals surface area (Å²) in [4.78, 5) is 11.5. The number of allylic oxidation sites excluding steroid dienone is 1. The Morgan fingerprint density at radius 2 is 2.33 bits per heavy atom. The lowest BCUT2D eigenvalue weighted by Gasteiger charge is -2.05. The zero-order valence-corrected chi connectivity index (χ0v) is 8.46. The standard InChI is InChI=1S/C11H13FN2O/c1-2-3-6-14-11(15)9-5-4-8(12)7-10(9)13/h2-5,7H,6,13H2,1H3,(H,14,15)/b3-2+. The molecular formula is C11H13FN2O. The number of nitrogen functional groups attached to an aromatic ring is 1. The van der Waals surface area contributed by atoms with Crippen LogP contribution in [0.2, 0.25) is 0 Å². The monoisotopic (exact) mass is 208 g/mol. The fraction of sp³-hybridized carbons (Fsp3) is 0.182. The lowest BCUT2D eigenvalue weighted by Crippen LogP contribution is -2.24. The molecule has 1 rings (SSSR count). The van der Waals surface area contributed by atoms with Crippen LogP contribution < -0.4 is 11.1 Å². The Hall–Kier alpha value is -1.84. The molecule has 1 aromatic rings. The molecule has 0 bridgehead atoms. The van der Waals surface area contributed by atoms with Crippen molar-refractivity contribution in [1.29, 1.82) is 0 Å². The molecule has 0 unspecified atom stereocenters. The van der Waals surface area contributed by atoms with Gasteiger partial charge in [-0.2, -0.15) is 0 Å². The zero-order chi connectivity index (χ0) is 11.3. The van der Waals surface area contributed by atoms with E-state index >= 15 is 0 Å². The van der Waals surface area contributed by atoms with Crippen molar-refractivity contribution in [1.82, 2.24) is 5.32 Å². The van der Waals surface area contributed by atoms with E-state index in [2.05, 4.69) is 5.32 Å². The van der Waals surface area contributed by atoms with Crippen LogP contribution in [0.3, 0.4) is 0 Å². The third-order valence-electron chi connectivity index (χ3n) is 1.87. The number of hydrogen-bond donors (Lipinski definition) is 2. The van der Waals surface area contributed by atoms with Gasteiger partial charge in [-0.05, 0) is 25.1 Å². The summed E-state index contributed by atoms with van der Waals surface area (Å²) in [5.41, 5.74) is 5.95. The van der Waals surface area contributed by atoms with Crippen molar-refractivity contribution in [2.24, 2.45) is 0 Å². The number of rotatable bonds is 3. The van der Waals surface area contributed by atoms with Gasteiger partial charge in [-0.3, -0.25) is 4.79 Å². The van der Waals surface area contributed by atoms with Crippen LogP contribution in [-0.2, 0) is 0 Å². The van der Waals surface area contributed by atoms with Gasteiger partial charge in [-0.1, -0.05) is 12.2 Å². The van der Waals surface area contributed by atoms with E-state index in [9.17, 15) is 9.18 Å². The third kappa shape index (κ3) is 3.09. The van der Waals surface area contributed by atoms with Gasteiger partial charge in [-0.25, -0.2) is 4.39 Å². The fourth-order valence-corrected chi connectivity index (χ4v) is 1.11. The average Bonchev–Trinajstić information content (AvgIpc) is 2.17. The van der Waals surface area contributed by atoms with Crippen LogP contribution in [0.25, 0.3) is 0 Å². The maximum Gasteiger partial charge on any atom is 0.253 e. The first kappa shape index (κ1) is 11.2. The second kappa shape index (κ2) is 5.14. The molecule has 0 spiro atoms. The minimum Gasteiger partial charge on any atom is -0.398 e. The molecule has 0 atom stereocenters. The fourth-order valence-electron chi connectivity index (χ4n) is 1.11. The van der Waals surface area contributed by atoms with E-state index in [0.29, 0.717) is 12.1 Å². The van der Waals surface area contributed by atoms with Gasteiger partial charge in [0, 0.05) is 12.2 Å². The summed E-state index contributed by atoms with van der Waals surface area (Å²) in [5, 5.41) is 2.63. The number of nitrogens with one attached hydrogen (secondary N) is 1. The summed E-state index contributed by atoms with van der Waals surface area (Å²) < 4.78 is 12.7. The molecule has 0 fully saturated rings. The lowest BCUT2D eigenvalue weighted by atomic mass is 10.1. The Balaban J connectivity index is 2.73. The van der Waals surface area contributed by atoms with Crippen molar-refractivity contribution < 1.29 is 9.18 Å². The zero-order valence-electron chi connectivity index (χ0n) is 8.46. The normalized spacial score (nSPS) is 10.5. The topological polar surface area (TPSA) is 55.1 Å². The molecule has 3 N–H and O–H groups in total. The van der Waals surface area contributed by atoms with E-state index < -0.39 is 5.82 Å². The average molecular weight is 208 g/mol. The van der Waals surface area contributed by atoms with Crippen LogP contribution in [-0.4, -0.2) is 12.5 Å². The van der Waals surface area contributed by atoms with Gasteiger partial charge in [0.1, 0.15) is 5.82 Å². The predicted octanol–water partition coefficient (Wildman–Crippen LogP) is 1.71. The van der Waals surface area contributed by atoms with Crippen LogP contribution >= 0.6 is 0 Å². The first-order chi connectivity index (χ1) is 7.15. The van der Waals surface area contributed by atoms with Gasteiger partial charge < -0.3 is 11.1 Å². The Labute approximate surface area is 87.8 Å². The molecule has 0 heterocycles. The molecule has 0 aliphatic carbocycles. The summed E-state index contributed by atoms with van der Waals surface area (Å²) in [5.74, 6) is -0.747. The number of amides is 1. The molecule has 0 aliphatic rings. The van der Waals surface area contributed by atoms with Crippen LogP contribution in [0.1, 0.15) is 17.3 Å². The van der Waals surface area contributed by atoms with Gasteiger partial charge in [0.05, 0.1) is 5.56 Å². The number of carbonyl (C=O) groups is 1. The minimum absolute atomic E-state index is 0.146. The maximum atomic E-state index is 12.7. The molecule has 0 saturated carbocycles. The number of benzene rings is 1. The minimum atomic E-state index is -0.447. The van der Waals surface area contributed by atoms with E-state index in [0.717, 1.165) is 6.07 Å². The van der Waals surface area contributed by atoms with Crippen LogP contribution in [0.4, 0.5) is 10.1 Å². The lowest BCUT2D eigenvalue weighted by molar-refractivity contribution is 0.0959. The predicted molar refractivity (Wildman–Crippen MR) is 58.0 cm³/mol. The van der Waals surface area contributed by atoms with Crippen molar-refractivity contribution >= 4 is 11.6 Å². The second-order valence-electron chi connectivity index (χ2n) is 3.01. The number of hydrogen-bond acceptors (Lipinski definition) is 2.